The van der Waals surface area contributed by atoms with Crippen molar-refractivity contribution in [3.8, 4) is 0 Å². The van der Waals surface area contributed by atoms with E-state index in [2.05, 4.69) is 172 Å². The molecule has 50 heavy (non-hydrogen) atoms. The molecule has 1 heterocycles. The molecule has 0 N–H and O–H groups in total. The van der Waals surface area contributed by atoms with Crippen molar-refractivity contribution in [2.75, 3.05) is 22.9 Å². The zero-order chi connectivity index (χ0) is 35.3. The predicted octanol–water partition coefficient (Wildman–Crippen LogP) is 10.5. The van der Waals surface area contributed by atoms with Crippen LogP contribution in [0.4, 0.5) is 11.4 Å². The van der Waals surface area contributed by atoms with Crippen LogP contribution in [0.5, 0.6) is 0 Å². The maximum atomic E-state index is 5.67. The van der Waals surface area contributed by atoms with Gasteiger partial charge in [0.05, 0.1) is 0 Å². The maximum absolute atomic E-state index is 5.67. The molecule has 0 aromatic heterocycles. The summed E-state index contributed by atoms with van der Waals surface area (Å²) in [6, 6.07) is 55.1. The number of rotatable bonds is 6. The number of benzene rings is 6. The molecule has 1 fully saturated rings. The fraction of sp³-hybridized carbons (Fsp3) is 0.136. The van der Waals surface area contributed by atoms with Crippen LogP contribution in [-0.4, -0.2) is 17.7 Å². The molecule has 0 unspecified atom stereocenters. The van der Waals surface area contributed by atoms with E-state index in [1.165, 1.54) is 49.5 Å². The minimum atomic E-state index is -1.61. The summed E-state index contributed by atoms with van der Waals surface area (Å²) < 4.78 is 1.92. The minimum Gasteiger partial charge on any atom is -0.0622 e. The van der Waals surface area contributed by atoms with E-state index in [1.807, 2.05) is 34.9 Å². The SMILES string of the molecule is Cc1cccc(C)c1N1[C]N(c2c(C)cccc2C)CC1.[Cl][Ru]([Cl])=[CH]c1ccccc1.c1ccc(P(c2ccccc2)c2ccccc2)cc1. The average molecular weight is 803 g/mol. The first-order valence-corrected chi connectivity index (χ1v) is 23.4. The van der Waals surface area contributed by atoms with E-state index >= 15 is 0 Å². The number of aryl methyl sites for hydroxylation is 4. The molecule has 2 nitrogen and oxygen atoms in total. The van der Waals surface area contributed by atoms with Crippen LogP contribution in [0.25, 0.3) is 0 Å². The summed E-state index contributed by atoms with van der Waals surface area (Å²) in [5.74, 6) is 0. The van der Waals surface area contributed by atoms with Crippen molar-refractivity contribution in [2.24, 2.45) is 0 Å². The molecular weight excluding hydrogens is 759 g/mol. The first kappa shape index (κ1) is 37.7. The van der Waals surface area contributed by atoms with E-state index in [-0.39, 0.29) is 0 Å². The average Bonchev–Trinajstić information content (AvgIpc) is 3.59. The molecule has 1 aliphatic rings. The van der Waals surface area contributed by atoms with Crippen molar-refractivity contribution in [2.45, 2.75) is 27.7 Å². The summed E-state index contributed by atoms with van der Waals surface area (Å²) in [6.45, 7) is 14.2. The number of anilines is 2. The third-order valence-electron chi connectivity index (χ3n) is 8.25. The van der Waals surface area contributed by atoms with E-state index in [9.17, 15) is 0 Å². The number of hydrogen-bond donors (Lipinski definition) is 0. The Hall–Kier alpha value is -3.58. The topological polar surface area (TPSA) is 6.48 Å². The monoisotopic (exact) mass is 802 g/mol. The summed E-state index contributed by atoms with van der Waals surface area (Å²) in [7, 11) is 10.9. The van der Waals surface area contributed by atoms with Crippen molar-refractivity contribution in [3.05, 3.63) is 192 Å². The molecule has 6 heteroatoms. The van der Waals surface area contributed by atoms with E-state index in [0.717, 1.165) is 18.7 Å². The third kappa shape index (κ3) is 10.5. The molecule has 0 atom stereocenters. The van der Waals surface area contributed by atoms with Gasteiger partial charge in [0.1, 0.15) is 0 Å². The zero-order valence-corrected chi connectivity index (χ0v) is 33.1. The molecule has 6 aromatic carbocycles. The van der Waals surface area contributed by atoms with Crippen molar-refractivity contribution >= 4 is 59.2 Å². The second-order valence-corrected chi connectivity index (χ2v) is 19.9. The van der Waals surface area contributed by atoms with Gasteiger partial charge in [-0.25, -0.2) is 0 Å². The van der Waals surface area contributed by atoms with Crippen LogP contribution in [0.3, 0.4) is 0 Å². The fourth-order valence-corrected chi connectivity index (χ4v) is 10.2. The van der Waals surface area contributed by atoms with Crippen molar-refractivity contribution < 1.29 is 13.5 Å². The maximum Gasteiger partial charge on any atom is -0.0134 e. The van der Waals surface area contributed by atoms with Crippen LogP contribution in [0.15, 0.2) is 158 Å². The van der Waals surface area contributed by atoms with Crippen molar-refractivity contribution in [1.29, 1.82) is 0 Å². The number of hydrogen-bond acceptors (Lipinski definition) is 2. The molecular formula is C44H43Cl2N2PRu. The number of halogens is 2. The van der Waals surface area contributed by atoms with Gasteiger partial charge in [-0.05, 0) is 73.8 Å². The first-order chi connectivity index (χ1) is 24.3. The Morgan fingerprint density at radius 3 is 1.12 bits per heavy atom. The Kier molecular flexibility index (Phi) is 14.4. The van der Waals surface area contributed by atoms with Gasteiger partial charge in [-0.3, -0.25) is 0 Å². The molecule has 7 rings (SSSR count). The summed E-state index contributed by atoms with van der Waals surface area (Å²) in [5.41, 5.74) is 8.96. The molecule has 0 saturated carbocycles. The largest absolute Gasteiger partial charge is 0.0622 e. The van der Waals surface area contributed by atoms with Gasteiger partial charge in [0.25, 0.3) is 0 Å². The molecule has 0 amide bonds. The minimum absolute atomic E-state index is 0.446. The normalized spacial score (nSPS) is 12.4. The second kappa shape index (κ2) is 19.1. The van der Waals surface area contributed by atoms with Crippen LogP contribution in [0, 0.1) is 34.4 Å². The van der Waals surface area contributed by atoms with Crippen LogP contribution in [-0.2, 0) is 13.5 Å². The Morgan fingerprint density at radius 1 is 0.480 bits per heavy atom. The van der Waals surface area contributed by atoms with Crippen LogP contribution in [0.2, 0.25) is 0 Å². The van der Waals surface area contributed by atoms with Gasteiger partial charge < -0.3 is 9.80 Å². The molecule has 6 aromatic rings. The predicted molar refractivity (Wildman–Crippen MR) is 218 cm³/mol. The van der Waals surface area contributed by atoms with Crippen LogP contribution in [0.1, 0.15) is 27.8 Å². The quantitative estimate of drug-likeness (QED) is 0.122. The van der Waals surface area contributed by atoms with Gasteiger partial charge in [-0.1, -0.05) is 127 Å². The number of nitrogens with zero attached hydrogens (tertiary/aromatic N) is 2. The molecule has 0 spiro atoms. The van der Waals surface area contributed by atoms with Gasteiger partial charge in [-0.2, -0.15) is 0 Å². The smallest absolute Gasteiger partial charge is 0.0134 e. The van der Waals surface area contributed by atoms with Gasteiger partial charge in [0, 0.05) is 24.5 Å². The third-order valence-corrected chi connectivity index (χ3v) is 12.6. The summed E-state index contributed by atoms with van der Waals surface area (Å²) >= 11 is -1.61. The molecule has 0 aliphatic carbocycles. The standard InChI is InChI=1S/C19H22N2.C18H15P.C7H6.2ClH.Ru/c1-14-7-5-8-15(2)18(14)20-11-12-21(13-20)19-16(3)9-6-10-17(19)4;1-4-10-16(11-5-1)19(17-12-6-2-7-13-17)18-14-8-3-9-15-18;1-7-5-3-2-4-6-7;;;/h5-10H,11-12H2,1-4H3;1-15H;1-6H;2*1H;/q;;;;;+2/p-2. The van der Waals surface area contributed by atoms with Crippen LogP contribution < -0.4 is 25.7 Å². The van der Waals surface area contributed by atoms with E-state index in [0.29, 0.717) is 0 Å². The number of para-hydroxylation sites is 2. The summed E-state index contributed by atoms with van der Waals surface area (Å²) in [4.78, 5) is 4.52. The summed E-state index contributed by atoms with van der Waals surface area (Å²) in [6.07, 6.45) is 0. The molecule has 1 saturated heterocycles. The van der Waals surface area contributed by atoms with E-state index in [4.69, 9.17) is 19.4 Å². The molecule has 0 bridgehead atoms. The Morgan fingerprint density at radius 2 is 0.800 bits per heavy atom. The van der Waals surface area contributed by atoms with Gasteiger partial charge in [0.15, 0.2) is 0 Å². The first-order valence-electron chi connectivity index (χ1n) is 16.6. The van der Waals surface area contributed by atoms with Crippen molar-refractivity contribution in [3.63, 3.8) is 0 Å². The van der Waals surface area contributed by atoms with Gasteiger partial charge >= 0.3 is 73.4 Å². The van der Waals surface area contributed by atoms with Crippen LogP contribution >= 0.6 is 27.3 Å². The molecule has 2 radical (unpaired) electrons. The van der Waals surface area contributed by atoms with Gasteiger partial charge in [-0.15, -0.1) is 0 Å². The zero-order valence-electron chi connectivity index (χ0n) is 29.0. The Balaban J connectivity index is 0.000000155. The van der Waals surface area contributed by atoms with Gasteiger partial charge in [0.2, 0.25) is 6.67 Å². The summed E-state index contributed by atoms with van der Waals surface area (Å²) in [5, 5.41) is 4.19. The Bertz CT molecular complexity index is 1760. The van der Waals surface area contributed by atoms with E-state index < -0.39 is 21.4 Å². The molecule has 1 aliphatic heterocycles. The Labute approximate surface area is 313 Å². The second-order valence-electron chi connectivity index (χ2n) is 11.9. The molecule has 256 valence electrons. The fourth-order valence-electron chi connectivity index (χ4n) is 6.02. The van der Waals surface area contributed by atoms with Crippen molar-refractivity contribution in [1.82, 2.24) is 0 Å². The van der Waals surface area contributed by atoms with E-state index in [1.54, 1.807) is 0 Å².